The van der Waals surface area contributed by atoms with Crippen LogP contribution in [-0.4, -0.2) is 62.2 Å². The van der Waals surface area contributed by atoms with Crippen LogP contribution in [0, 0.1) is 0 Å². The van der Waals surface area contributed by atoms with Gasteiger partial charge in [0.1, 0.15) is 5.75 Å². The fraction of sp³-hybridized carbons (Fsp3) is 0.222. The first-order valence-electron chi connectivity index (χ1n) is 11.7. The van der Waals surface area contributed by atoms with Crippen LogP contribution < -0.4 is 25.0 Å². The summed E-state index contributed by atoms with van der Waals surface area (Å²) in [6, 6.07) is 17.8. The summed E-state index contributed by atoms with van der Waals surface area (Å²) in [5.74, 6) is 0.588. The van der Waals surface area contributed by atoms with Gasteiger partial charge in [-0.25, -0.2) is 0 Å². The van der Waals surface area contributed by atoms with Gasteiger partial charge in [-0.3, -0.25) is 14.9 Å². The third-order valence-corrected chi connectivity index (χ3v) is 6.85. The monoisotopic (exact) mass is 572 g/mol. The zero-order valence-corrected chi connectivity index (χ0v) is 23.1. The minimum absolute atomic E-state index is 0.0154. The number of hydrogen-bond donors (Lipinski definition) is 2. The number of rotatable bonds is 6. The van der Waals surface area contributed by atoms with E-state index in [1.165, 1.54) is 19.2 Å². The van der Waals surface area contributed by atoms with Crippen molar-refractivity contribution in [1.82, 2.24) is 10.2 Å². The number of carbonyl (C=O) groups is 2. The number of benzene rings is 3. The number of anilines is 2. The summed E-state index contributed by atoms with van der Waals surface area (Å²) in [5.41, 5.74) is 2.66. The SMILES string of the molecule is COc1ccc(C(=O)N2CCN(c3ccc(NC(=S)NC(=O)c4cc(Cl)c(OC)c(Cl)c4)cc3)CC2)cc1. The Balaban J connectivity index is 1.28. The molecule has 2 N–H and O–H groups in total. The summed E-state index contributed by atoms with van der Waals surface area (Å²) in [6.45, 7) is 2.69. The Morgan fingerprint density at radius 2 is 1.45 bits per heavy atom. The Hall–Kier alpha value is -3.53. The van der Waals surface area contributed by atoms with Crippen molar-refractivity contribution in [2.24, 2.45) is 0 Å². The topological polar surface area (TPSA) is 83.1 Å². The number of halogens is 2. The summed E-state index contributed by atoms with van der Waals surface area (Å²) >= 11 is 17.5. The van der Waals surface area contributed by atoms with E-state index in [4.69, 9.17) is 44.9 Å². The van der Waals surface area contributed by atoms with Crippen molar-refractivity contribution in [2.45, 2.75) is 0 Å². The number of methoxy groups -OCH3 is 2. The van der Waals surface area contributed by atoms with Crippen molar-refractivity contribution in [2.75, 3.05) is 50.6 Å². The van der Waals surface area contributed by atoms with Crippen LogP contribution in [0.15, 0.2) is 60.7 Å². The average Bonchev–Trinajstić information content (AvgIpc) is 2.93. The van der Waals surface area contributed by atoms with Gasteiger partial charge in [0.25, 0.3) is 11.8 Å². The largest absolute Gasteiger partial charge is 0.497 e. The van der Waals surface area contributed by atoms with Crippen molar-refractivity contribution in [3.63, 3.8) is 0 Å². The number of piperazine rings is 1. The van der Waals surface area contributed by atoms with Gasteiger partial charge in [0, 0.05) is 48.7 Å². The molecule has 2 amide bonds. The van der Waals surface area contributed by atoms with E-state index in [2.05, 4.69) is 15.5 Å². The highest BCUT2D eigenvalue weighted by Crippen LogP contribution is 2.33. The first-order valence-corrected chi connectivity index (χ1v) is 12.9. The van der Waals surface area contributed by atoms with Crippen LogP contribution in [0.4, 0.5) is 11.4 Å². The van der Waals surface area contributed by atoms with Crippen LogP contribution in [0.1, 0.15) is 20.7 Å². The quantitative estimate of drug-likeness (QED) is 0.397. The predicted octanol–water partition coefficient (Wildman–Crippen LogP) is 5.10. The Morgan fingerprint density at radius 3 is 2.00 bits per heavy atom. The van der Waals surface area contributed by atoms with Crippen LogP contribution in [0.5, 0.6) is 11.5 Å². The second-order valence-electron chi connectivity index (χ2n) is 8.44. The molecule has 0 aromatic heterocycles. The lowest BCUT2D eigenvalue weighted by molar-refractivity contribution is 0.0746. The third kappa shape index (κ3) is 6.48. The fourth-order valence-electron chi connectivity index (χ4n) is 4.06. The van der Waals surface area contributed by atoms with E-state index in [1.807, 2.05) is 29.2 Å². The lowest BCUT2D eigenvalue weighted by Crippen LogP contribution is -2.48. The zero-order valence-electron chi connectivity index (χ0n) is 20.8. The van der Waals surface area contributed by atoms with Gasteiger partial charge in [0.15, 0.2) is 10.9 Å². The molecule has 11 heteroatoms. The van der Waals surface area contributed by atoms with Crippen LogP contribution >= 0.6 is 35.4 Å². The summed E-state index contributed by atoms with van der Waals surface area (Å²) in [6.07, 6.45) is 0. The van der Waals surface area contributed by atoms with Crippen LogP contribution in [0.2, 0.25) is 10.0 Å². The molecule has 0 unspecified atom stereocenters. The summed E-state index contributed by atoms with van der Waals surface area (Å²) in [7, 11) is 3.05. The summed E-state index contributed by atoms with van der Waals surface area (Å²) in [5, 5.41) is 6.21. The Kier molecular flexibility index (Phi) is 8.93. The molecule has 0 saturated carbocycles. The maximum atomic E-state index is 12.8. The van der Waals surface area contributed by atoms with Gasteiger partial charge in [-0.1, -0.05) is 23.2 Å². The molecule has 0 atom stereocenters. The Bertz CT molecular complexity index is 1300. The summed E-state index contributed by atoms with van der Waals surface area (Å²) < 4.78 is 10.3. The first kappa shape index (κ1) is 27.5. The maximum absolute atomic E-state index is 12.8. The van der Waals surface area contributed by atoms with Gasteiger partial charge in [-0.05, 0) is 72.9 Å². The number of hydrogen-bond acceptors (Lipinski definition) is 6. The number of thiocarbonyl (C=S) groups is 1. The molecular formula is C27H26Cl2N4O4S. The fourth-order valence-corrected chi connectivity index (χ4v) is 4.92. The average molecular weight is 574 g/mol. The molecule has 4 rings (SSSR count). The van der Waals surface area contributed by atoms with Crippen molar-refractivity contribution in [3.05, 3.63) is 81.8 Å². The molecule has 1 saturated heterocycles. The molecule has 1 aliphatic heterocycles. The normalized spacial score (nSPS) is 13.1. The number of amides is 2. The molecule has 0 aliphatic carbocycles. The molecule has 1 fully saturated rings. The second-order valence-corrected chi connectivity index (χ2v) is 9.66. The lowest BCUT2D eigenvalue weighted by Gasteiger charge is -2.36. The molecule has 198 valence electrons. The van der Waals surface area contributed by atoms with Crippen molar-refractivity contribution < 1.29 is 19.1 Å². The Labute approximate surface area is 236 Å². The number of nitrogens with one attached hydrogen (secondary N) is 2. The van der Waals surface area contributed by atoms with Crippen LogP contribution in [0.3, 0.4) is 0 Å². The van der Waals surface area contributed by atoms with Gasteiger partial charge >= 0.3 is 0 Å². The molecule has 3 aromatic carbocycles. The first-order chi connectivity index (χ1) is 18.3. The third-order valence-electron chi connectivity index (χ3n) is 6.09. The van der Waals surface area contributed by atoms with E-state index in [1.54, 1.807) is 31.4 Å². The molecule has 38 heavy (non-hydrogen) atoms. The molecule has 3 aromatic rings. The van der Waals surface area contributed by atoms with Crippen LogP contribution in [0.25, 0.3) is 0 Å². The second kappa shape index (κ2) is 12.3. The van der Waals surface area contributed by atoms with Crippen molar-refractivity contribution in [1.29, 1.82) is 0 Å². The van der Waals surface area contributed by atoms with E-state index in [0.717, 1.165) is 30.2 Å². The standard InChI is InChI=1S/C27H26Cl2N4O4S/c1-36-21-9-3-17(4-10-21)26(35)33-13-11-32(12-14-33)20-7-5-19(6-8-20)30-27(38)31-25(34)18-15-22(28)24(37-2)23(29)16-18/h3-10,15-16H,11-14H2,1-2H3,(H2,30,31,34,38). The molecule has 0 bridgehead atoms. The van der Waals surface area contributed by atoms with Gasteiger partial charge in [0.05, 0.1) is 24.3 Å². The van der Waals surface area contributed by atoms with Gasteiger partial charge < -0.3 is 24.6 Å². The minimum atomic E-state index is -0.451. The predicted molar refractivity (Wildman–Crippen MR) is 154 cm³/mol. The zero-order chi connectivity index (χ0) is 27.2. The smallest absolute Gasteiger partial charge is 0.257 e. The highest BCUT2D eigenvalue weighted by Gasteiger charge is 2.22. The lowest BCUT2D eigenvalue weighted by atomic mass is 10.1. The van der Waals surface area contributed by atoms with Gasteiger partial charge in [0.2, 0.25) is 0 Å². The molecule has 1 heterocycles. The van der Waals surface area contributed by atoms with Crippen molar-refractivity contribution >= 4 is 63.7 Å². The number of ether oxygens (including phenoxy) is 2. The highest BCUT2D eigenvalue weighted by atomic mass is 35.5. The van der Waals surface area contributed by atoms with E-state index < -0.39 is 5.91 Å². The molecule has 0 radical (unpaired) electrons. The maximum Gasteiger partial charge on any atom is 0.257 e. The van der Waals surface area contributed by atoms with Crippen molar-refractivity contribution in [3.8, 4) is 11.5 Å². The van der Waals surface area contributed by atoms with E-state index in [9.17, 15) is 9.59 Å². The number of carbonyl (C=O) groups excluding carboxylic acids is 2. The van der Waals surface area contributed by atoms with Gasteiger partial charge in [-0.15, -0.1) is 0 Å². The highest BCUT2D eigenvalue weighted by molar-refractivity contribution is 7.80. The summed E-state index contributed by atoms with van der Waals surface area (Å²) in [4.78, 5) is 29.5. The van der Waals surface area contributed by atoms with Gasteiger partial charge in [-0.2, -0.15) is 0 Å². The van der Waals surface area contributed by atoms with E-state index in [0.29, 0.717) is 24.4 Å². The molecule has 8 nitrogen and oxygen atoms in total. The molecule has 0 spiro atoms. The van der Waals surface area contributed by atoms with E-state index >= 15 is 0 Å². The Morgan fingerprint density at radius 1 is 0.842 bits per heavy atom. The molecule has 1 aliphatic rings. The molecular weight excluding hydrogens is 547 g/mol. The minimum Gasteiger partial charge on any atom is -0.497 e. The van der Waals surface area contributed by atoms with E-state index in [-0.39, 0.29) is 26.6 Å². The number of nitrogens with zero attached hydrogens (tertiary/aromatic N) is 2. The van der Waals surface area contributed by atoms with Crippen LogP contribution in [-0.2, 0) is 0 Å².